The first kappa shape index (κ1) is 40.5. The van der Waals surface area contributed by atoms with Crippen molar-refractivity contribution in [1.82, 2.24) is 0 Å². The number of esters is 3. The van der Waals surface area contributed by atoms with E-state index in [-0.39, 0.29) is 39.6 Å². The van der Waals surface area contributed by atoms with Crippen LogP contribution in [0.15, 0.2) is 91.0 Å². The number of hydrogen-bond donors (Lipinski definition) is 0. The van der Waals surface area contributed by atoms with E-state index in [1.807, 2.05) is 91.0 Å². The van der Waals surface area contributed by atoms with E-state index >= 15 is 0 Å². The third-order valence-electron chi connectivity index (χ3n) is 8.46. The van der Waals surface area contributed by atoms with Crippen LogP contribution in [0.3, 0.4) is 0 Å². The van der Waals surface area contributed by atoms with Crippen molar-refractivity contribution < 1.29 is 61.8 Å². The number of terminal acetylenes is 1. The van der Waals surface area contributed by atoms with Crippen LogP contribution in [-0.4, -0.2) is 93.0 Å². The largest absolute Gasteiger partial charge is 0.456 e. The quantitative estimate of drug-likeness (QED) is 0.104. The zero-order valence-corrected chi connectivity index (χ0v) is 30.5. The molecule has 288 valence electrons. The van der Waals surface area contributed by atoms with Crippen LogP contribution in [0.25, 0.3) is 0 Å². The second kappa shape index (κ2) is 20.7. The summed E-state index contributed by atoms with van der Waals surface area (Å²) in [6.07, 6.45) is -4.63. The van der Waals surface area contributed by atoms with Crippen LogP contribution >= 0.6 is 0 Å². The number of hydrogen-bond acceptors (Lipinski definition) is 13. The zero-order chi connectivity index (χ0) is 38.3. The van der Waals surface area contributed by atoms with Gasteiger partial charge >= 0.3 is 17.9 Å². The molecule has 0 unspecified atom stereocenters. The lowest BCUT2D eigenvalue weighted by molar-refractivity contribution is -0.331. The first-order valence-electron chi connectivity index (χ1n) is 17.6. The minimum atomic E-state index is -1.33. The summed E-state index contributed by atoms with van der Waals surface area (Å²) in [5, 5.41) is 0. The number of carbonyl (C=O) groups excluding carboxylic acids is 3. The van der Waals surface area contributed by atoms with Crippen molar-refractivity contribution in [3.05, 3.63) is 108 Å². The standard InChI is InChI=1S/C41H46O13/c1-5-21-47-40-39(51-29(4)44)36(34(52-40)26-46-23-31-17-11-7-12-18-31)54-41-38(48-24-32-19-13-8-14-20-32)37(50-28(3)43)35(49-27(2)42)33(53-41)25-45-22-30-15-9-6-10-16-30/h1,6-20,33-41H,21-26H2,2-4H3/t33-,34-,35-,36-,37+,38-,39-,40-,41-/m1/s1. The molecule has 2 aliphatic heterocycles. The SMILES string of the molecule is C#CCO[C@@H]1O[C@H](COCc2ccccc2)[C@@H](O[C@H]2O[C@H](COCc3ccccc3)[C@@H](OC(C)=O)[C@H](OC(C)=O)[C@H]2OCc2ccccc2)[C@H]1OC(C)=O. The van der Waals surface area contributed by atoms with Gasteiger partial charge < -0.3 is 47.4 Å². The van der Waals surface area contributed by atoms with Crippen LogP contribution in [-0.2, 0) is 81.6 Å². The Balaban J connectivity index is 1.48. The van der Waals surface area contributed by atoms with Gasteiger partial charge in [0.1, 0.15) is 31.0 Å². The fraction of sp³-hybridized carbons (Fsp3) is 0.439. The fourth-order valence-corrected chi connectivity index (χ4v) is 6.19. The molecule has 0 spiro atoms. The van der Waals surface area contributed by atoms with Crippen molar-refractivity contribution in [2.75, 3.05) is 19.8 Å². The second-order valence-electron chi connectivity index (χ2n) is 12.7. The molecular weight excluding hydrogens is 700 g/mol. The summed E-state index contributed by atoms with van der Waals surface area (Å²) in [6.45, 7) is 3.98. The average Bonchev–Trinajstić information content (AvgIpc) is 3.46. The van der Waals surface area contributed by atoms with Crippen molar-refractivity contribution in [1.29, 1.82) is 0 Å². The third kappa shape index (κ3) is 11.9. The van der Waals surface area contributed by atoms with E-state index in [9.17, 15) is 14.4 Å². The molecule has 0 saturated carbocycles. The maximum Gasteiger partial charge on any atom is 0.303 e. The van der Waals surface area contributed by atoms with Gasteiger partial charge in [0.05, 0.1) is 33.0 Å². The van der Waals surface area contributed by atoms with Gasteiger partial charge in [-0.25, -0.2) is 0 Å². The molecule has 9 atom stereocenters. The van der Waals surface area contributed by atoms with Gasteiger partial charge in [-0.1, -0.05) is 96.9 Å². The van der Waals surface area contributed by atoms with Gasteiger partial charge in [0.15, 0.2) is 30.9 Å². The third-order valence-corrected chi connectivity index (χ3v) is 8.46. The molecule has 0 aromatic heterocycles. The van der Waals surface area contributed by atoms with Crippen LogP contribution < -0.4 is 0 Å². The van der Waals surface area contributed by atoms with E-state index in [1.54, 1.807) is 0 Å². The van der Waals surface area contributed by atoms with E-state index < -0.39 is 73.2 Å². The molecule has 5 rings (SSSR count). The summed E-state index contributed by atoms with van der Waals surface area (Å²) < 4.78 is 61.1. The lowest BCUT2D eigenvalue weighted by Gasteiger charge is -2.45. The average molecular weight is 747 g/mol. The number of ether oxygens (including phenoxy) is 10. The topological polar surface area (TPSA) is 144 Å². The van der Waals surface area contributed by atoms with Gasteiger partial charge in [0, 0.05) is 20.8 Å². The predicted octanol–water partition coefficient (Wildman–Crippen LogP) is 4.29. The summed E-state index contributed by atoms with van der Waals surface area (Å²) in [7, 11) is 0. The highest BCUT2D eigenvalue weighted by Gasteiger charge is 2.56. The Morgan fingerprint density at radius 3 is 1.50 bits per heavy atom. The molecule has 2 heterocycles. The van der Waals surface area contributed by atoms with Gasteiger partial charge in [-0.05, 0) is 16.7 Å². The minimum Gasteiger partial charge on any atom is -0.456 e. The molecule has 2 aliphatic rings. The Morgan fingerprint density at radius 1 is 0.556 bits per heavy atom. The summed E-state index contributed by atoms with van der Waals surface area (Å²) in [4.78, 5) is 37.6. The van der Waals surface area contributed by atoms with Crippen LogP contribution in [0, 0.1) is 12.3 Å². The molecule has 13 nitrogen and oxygen atoms in total. The highest BCUT2D eigenvalue weighted by molar-refractivity contribution is 5.67. The van der Waals surface area contributed by atoms with Crippen molar-refractivity contribution in [3.8, 4) is 12.3 Å². The monoisotopic (exact) mass is 746 g/mol. The first-order chi connectivity index (χ1) is 26.2. The minimum absolute atomic E-state index is 0.0113. The maximum absolute atomic E-state index is 12.7. The molecule has 54 heavy (non-hydrogen) atoms. The van der Waals surface area contributed by atoms with Crippen LogP contribution in [0.2, 0.25) is 0 Å². The molecule has 0 bridgehead atoms. The Bertz CT molecular complexity index is 1650. The highest BCUT2D eigenvalue weighted by Crippen LogP contribution is 2.35. The zero-order valence-electron chi connectivity index (χ0n) is 30.5. The van der Waals surface area contributed by atoms with E-state index in [1.165, 1.54) is 20.8 Å². The Labute approximate surface area is 315 Å². The van der Waals surface area contributed by atoms with Gasteiger partial charge in [0.25, 0.3) is 0 Å². The maximum atomic E-state index is 12.7. The normalized spacial score (nSPS) is 26.4. The number of benzene rings is 3. The summed E-state index contributed by atoms with van der Waals surface area (Å²) in [6, 6.07) is 28.3. The lowest BCUT2D eigenvalue weighted by atomic mass is 9.97. The molecule has 0 N–H and O–H groups in total. The van der Waals surface area contributed by atoms with Gasteiger partial charge in [-0.3, -0.25) is 14.4 Å². The molecule has 13 heteroatoms. The predicted molar refractivity (Wildman–Crippen MR) is 191 cm³/mol. The van der Waals surface area contributed by atoms with E-state index in [0.29, 0.717) is 0 Å². The first-order valence-corrected chi connectivity index (χ1v) is 17.6. The van der Waals surface area contributed by atoms with Crippen LogP contribution in [0.5, 0.6) is 0 Å². The highest BCUT2D eigenvalue weighted by atomic mass is 16.8. The van der Waals surface area contributed by atoms with E-state index in [4.69, 9.17) is 53.8 Å². The molecular formula is C41H46O13. The molecule has 3 aromatic rings. The Morgan fingerprint density at radius 2 is 1.00 bits per heavy atom. The second-order valence-corrected chi connectivity index (χ2v) is 12.7. The Hall–Kier alpha value is -4.65. The van der Waals surface area contributed by atoms with Crippen molar-refractivity contribution in [2.24, 2.45) is 0 Å². The molecule has 2 fully saturated rings. The summed E-state index contributed by atoms with van der Waals surface area (Å²) in [5.74, 6) is 0.475. The van der Waals surface area contributed by atoms with Crippen molar-refractivity contribution in [3.63, 3.8) is 0 Å². The lowest BCUT2D eigenvalue weighted by Crippen LogP contribution is -2.63. The van der Waals surface area contributed by atoms with Crippen molar-refractivity contribution in [2.45, 2.75) is 95.9 Å². The molecule has 0 amide bonds. The summed E-state index contributed by atoms with van der Waals surface area (Å²) in [5.41, 5.74) is 2.62. The van der Waals surface area contributed by atoms with Crippen molar-refractivity contribution >= 4 is 17.9 Å². The Kier molecular flexibility index (Phi) is 15.5. The van der Waals surface area contributed by atoms with Gasteiger partial charge in [-0.15, -0.1) is 6.42 Å². The smallest absolute Gasteiger partial charge is 0.303 e. The van der Waals surface area contributed by atoms with Crippen LogP contribution in [0.1, 0.15) is 37.5 Å². The van der Waals surface area contributed by atoms with Gasteiger partial charge in [-0.2, -0.15) is 0 Å². The van der Waals surface area contributed by atoms with Crippen LogP contribution in [0.4, 0.5) is 0 Å². The summed E-state index contributed by atoms with van der Waals surface area (Å²) >= 11 is 0. The van der Waals surface area contributed by atoms with Gasteiger partial charge in [0.2, 0.25) is 0 Å². The molecule has 3 aromatic carbocycles. The molecule has 0 radical (unpaired) electrons. The number of carbonyl (C=O) groups is 3. The van der Waals surface area contributed by atoms with E-state index in [0.717, 1.165) is 16.7 Å². The fourth-order valence-electron chi connectivity index (χ4n) is 6.19. The molecule has 0 aliphatic carbocycles. The molecule has 2 saturated heterocycles. The number of rotatable bonds is 18. The van der Waals surface area contributed by atoms with E-state index in [2.05, 4.69) is 5.92 Å².